The molecular weight excluding hydrogens is 285 g/mol. The molecule has 1 N–H and O–H groups in total. The zero-order valence-corrected chi connectivity index (χ0v) is 13.0. The molecule has 2 aliphatic rings. The van der Waals surface area contributed by atoms with E-state index in [0.717, 1.165) is 19.4 Å². The lowest BCUT2D eigenvalue weighted by Crippen LogP contribution is -2.48. The van der Waals surface area contributed by atoms with Crippen molar-refractivity contribution in [3.63, 3.8) is 0 Å². The number of hydrogen-bond donors (Lipinski definition) is 1. The lowest BCUT2D eigenvalue weighted by atomic mass is 10.0. The predicted octanol–water partition coefficient (Wildman–Crippen LogP) is 3.28. The first-order valence-corrected chi connectivity index (χ1v) is 8.73. The highest BCUT2D eigenvalue weighted by Gasteiger charge is 2.35. The van der Waals surface area contributed by atoms with Gasteiger partial charge >= 0.3 is 6.18 Å². The van der Waals surface area contributed by atoms with E-state index in [0.29, 0.717) is 23.9 Å². The minimum Gasteiger partial charge on any atom is -0.313 e. The van der Waals surface area contributed by atoms with Crippen molar-refractivity contribution < 1.29 is 13.2 Å². The third kappa shape index (κ3) is 4.81. The van der Waals surface area contributed by atoms with E-state index in [2.05, 4.69) is 11.6 Å². The molecule has 0 bridgehead atoms. The number of alkyl halides is 3. The number of halogens is 3. The van der Waals surface area contributed by atoms with E-state index in [4.69, 9.17) is 0 Å². The van der Waals surface area contributed by atoms with E-state index in [1.54, 1.807) is 0 Å². The maximum absolute atomic E-state index is 12.3. The number of piperidine rings is 1. The Morgan fingerprint density at radius 3 is 2.30 bits per heavy atom. The second-order valence-electron chi connectivity index (χ2n) is 6.14. The lowest BCUT2D eigenvalue weighted by molar-refractivity contribution is -0.148. The van der Waals surface area contributed by atoms with Gasteiger partial charge in [0.05, 0.1) is 6.54 Å². The Morgan fingerprint density at radius 2 is 1.80 bits per heavy atom. The van der Waals surface area contributed by atoms with Crippen LogP contribution < -0.4 is 5.32 Å². The largest absolute Gasteiger partial charge is 0.401 e. The van der Waals surface area contributed by atoms with E-state index in [9.17, 15) is 13.2 Å². The number of likely N-dealkylation sites (tertiary alicyclic amines) is 1. The Kier molecular flexibility index (Phi) is 5.65. The molecule has 1 saturated heterocycles. The smallest absolute Gasteiger partial charge is 0.313 e. The van der Waals surface area contributed by atoms with Crippen LogP contribution in [-0.2, 0) is 0 Å². The molecule has 20 heavy (non-hydrogen) atoms. The van der Waals surface area contributed by atoms with Gasteiger partial charge in [-0.3, -0.25) is 4.90 Å². The molecule has 6 heteroatoms. The highest BCUT2D eigenvalue weighted by Crippen LogP contribution is 2.39. The second-order valence-corrected chi connectivity index (χ2v) is 7.42. The van der Waals surface area contributed by atoms with Crippen LogP contribution in [0, 0.1) is 0 Å². The molecule has 1 aliphatic carbocycles. The van der Waals surface area contributed by atoms with E-state index in [1.807, 2.05) is 11.8 Å². The SMILES string of the molecule is CSC1(CNC2CCN(CC(F)(F)F)CC2)CCCC1. The van der Waals surface area contributed by atoms with Crippen molar-refractivity contribution in [3.8, 4) is 0 Å². The summed E-state index contributed by atoms with van der Waals surface area (Å²) in [6, 6.07) is 0.393. The average molecular weight is 310 g/mol. The maximum atomic E-state index is 12.3. The first-order valence-electron chi connectivity index (χ1n) is 7.50. The van der Waals surface area contributed by atoms with Crippen molar-refractivity contribution in [2.45, 2.75) is 55.5 Å². The molecule has 1 aliphatic heterocycles. The fourth-order valence-corrected chi connectivity index (χ4v) is 4.28. The Hall–Kier alpha value is 0.0600. The third-order valence-corrected chi connectivity index (χ3v) is 6.07. The molecule has 0 aromatic rings. The molecule has 0 unspecified atom stereocenters. The summed E-state index contributed by atoms with van der Waals surface area (Å²) in [6.45, 7) is 1.37. The van der Waals surface area contributed by atoms with Crippen LogP contribution in [-0.4, -0.2) is 54.3 Å². The van der Waals surface area contributed by atoms with Gasteiger partial charge in [-0.1, -0.05) is 12.8 Å². The van der Waals surface area contributed by atoms with Crippen LogP contribution in [0.3, 0.4) is 0 Å². The van der Waals surface area contributed by atoms with Crippen molar-refractivity contribution in [2.75, 3.05) is 32.4 Å². The monoisotopic (exact) mass is 310 g/mol. The van der Waals surface area contributed by atoms with Crippen molar-refractivity contribution in [1.29, 1.82) is 0 Å². The highest BCUT2D eigenvalue weighted by molar-refractivity contribution is 8.00. The minimum absolute atomic E-state index is 0.378. The summed E-state index contributed by atoms with van der Waals surface area (Å²) in [4.78, 5) is 1.53. The van der Waals surface area contributed by atoms with E-state index < -0.39 is 12.7 Å². The van der Waals surface area contributed by atoms with Gasteiger partial charge in [-0.05, 0) is 45.0 Å². The quantitative estimate of drug-likeness (QED) is 0.839. The minimum atomic E-state index is -4.06. The first kappa shape index (κ1) is 16.4. The Balaban J connectivity index is 1.69. The summed E-state index contributed by atoms with van der Waals surface area (Å²) in [6.07, 6.45) is 4.95. The molecule has 2 fully saturated rings. The van der Waals surface area contributed by atoms with Crippen molar-refractivity contribution in [1.82, 2.24) is 10.2 Å². The molecular formula is C14H25F3N2S. The van der Waals surface area contributed by atoms with Crippen LogP contribution in [0.4, 0.5) is 13.2 Å². The molecule has 1 saturated carbocycles. The van der Waals surface area contributed by atoms with Crippen LogP contribution in [0.5, 0.6) is 0 Å². The molecule has 2 rings (SSSR count). The van der Waals surface area contributed by atoms with Crippen LogP contribution in [0.2, 0.25) is 0 Å². The van der Waals surface area contributed by atoms with E-state index in [-0.39, 0.29) is 0 Å². The Morgan fingerprint density at radius 1 is 1.20 bits per heavy atom. The van der Waals surface area contributed by atoms with Gasteiger partial charge in [0, 0.05) is 17.3 Å². The molecule has 0 amide bonds. The second kappa shape index (κ2) is 6.88. The number of thioether (sulfide) groups is 1. The fraction of sp³-hybridized carbons (Fsp3) is 1.00. The van der Waals surface area contributed by atoms with Crippen molar-refractivity contribution in [2.24, 2.45) is 0 Å². The summed E-state index contributed by atoms with van der Waals surface area (Å²) in [7, 11) is 0. The van der Waals surface area contributed by atoms with Crippen LogP contribution in [0.15, 0.2) is 0 Å². The lowest BCUT2D eigenvalue weighted by Gasteiger charge is -2.35. The zero-order valence-electron chi connectivity index (χ0n) is 12.1. The van der Waals surface area contributed by atoms with E-state index in [1.165, 1.54) is 30.6 Å². The topological polar surface area (TPSA) is 15.3 Å². The van der Waals surface area contributed by atoms with Gasteiger partial charge in [0.15, 0.2) is 0 Å². The molecule has 118 valence electrons. The normalized spacial score (nSPS) is 25.2. The molecule has 0 radical (unpaired) electrons. The Bertz CT molecular complexity index is 295. The number of hydrogen-bond acceptors (Lipinski definition) is 3. The van der Waals surface area contributed by atoms with Crippen molar-refractivity contribution in [3.05, 3.63) is 0 Å². The van der Waals surface area contributed by atoms with Gasteiger partial charge in [-0.2, -0.15) is 24.9 Å². The van der Waals surface area contributed by atoms with Gasteiger partial charge < -0.3 is 5.32 Å². The van der Waals surface area contributed by atoms with Crippen LogP contribution >= 0.6 is 11.8 Å². The standard InChI is InChI=1S/C14H25F3N2S/c1-20-13(6-2-3-7-13)10-18-12-4-8-19(9-5-12)11-14(15,16)17/h12,18H,2-11H2,1H3. The van der Waals surface area contributed by atoms with Crippen molar-refractivity contribution >= 4 is 11.8 Å². The van der Waals surface area contributed by atoms with Gasteiger partial charge in [0.2, 0.25) is 0 Å². The summed E-state index contributed by atoms with van der Waals surface area (Å²) >= 11 is 1.96. The number of rotatable bonds is 5. The molecule has 0 aromatic carbocycles. The Labute approximate surface area is 123 Å². The highest BCUT2D eigenvalue weighted by atomic mass is 32.2. The molecule has 1 heterocycles. The molecule has 0 aromatic heterocycles. The summed E-state index contributed by atoms with van der Waals surface area (Å²) in [5.74, 6) is 0. The number of nitrogens with one attached hydrogen (secondary N) is 1. The van der Waals surface area contributed by atoms with E-state index >= 15 is 0 Å². The predicted molar refractivity (Wildman–Crippen MR) is 78.2 cm³/mol. The summed E-state index contributed by atoms with van der Waals surface area (Å²) < 4.78 is 37.4. The van der Waals surface area contributed by atoms with Gasteiger partial charge in [-0.15, -0.1) is 0 Å². The first-order chi connectivity index (χ1) is 9.42. The van der Waals surface area contributed by atoms with Crippen LogP contribution in [0.25, 0.3) is 0 Å². The maximum Gasteiger partial charge on any atom is 0.401 e. The summed E-state index contributed by atoms with van der Waals surface area (Å²) in [5, 5.41) is 3.61. The molecule has 0 atom stereocenters. The molecule has 2 nitrogen and oxygen atoms in total. The van der Waals surface area contributed by atoms with Crippen LogP contribution in [0.1, 0.15) is 38.5 Å². The number of nitrogens with zero attached hydrogens (tertiary/aromatic N) is 1. The van der Waals surface area contributed by atoms with Gasteiger partial charge in [0.1, 0.15) is 0 Å². The van der Waals surface area contributed by atoms with Gasteiger partial charge in [0.25, 0.3) is 0 Å². The van der Waals surface area contributed by atoms with Gasteiger partial charge in [-0.25, -0.2) is 0 Å². The average Bonchev–Trinajstić information content (AvgIpc) is 2.86. The third-order valence-electron chi connectivity index (χ3n) is 4.65. The summed E-state index contributed by atoms with van der Waals surface area (Å²) in [5.41, 5.74) is 0. The molecule has 0 spiro atoms. The fourth-order valence-electron chi connectivity index (χ4n) is 3.35. The zero-order chi connectivity index (χ0) is 14.6.